The van der Waals surface area contributed by atoms with Crippen molar-refractivity contribution in [3.05, 3.63) is 75.0 Å². The van der Waals surface area contributed by atoms with Gasteiger partial charge in [-0.15, -0.1) is 0 Å². The molecule has 23 heavy (non-hydrogen) atoms. The lowest BCUT2D eigenvalue weighted by Crippen LogP contribution is -2.28. The Morgan fingerprint density at radius 2 is 1.91 bits per heavy atom. The number of hydrogen-bond acceptors (Lipinski definition) is 3. The van der Waals surface area contributed by atoms with Gasteiger partial charge >= 0.3 is 5.97 Å². The third-order valence-electron chi connectivity index (χ3n) is 4.10. The summed E-state index contributed by atoms with van der Waals surface area (Å²) in [4.78, 5) is 27.5. The highest BCUT2D eigenvalue weighted by Gasteiger charge is 2.32. The van der Waals surface area contributed by atoms with Crippen molar-refractivity contribution in [1.29, 1.82) is 0 Å². The number of hydrogen-bond donors (Lipinski definition) is 1. The average Bonchev–Trinajstić information content (AvgIpc) is 2.54. The molecule has 0 unspecified atom stereocenters. The number of benzene rings is 2. The van der Waals surface area contributed by atoms with E-state index >= 15 is 0 Å². The van der Waals surface area contributed by atoms with Crippen molar-refractivity contribution in [2.75, 3.05) is 0 Å². The van der Waals surface area contributed by atoms with E-state index in [4.69, 9.17) is 16.3 Å². The number of rotatable bonds is 1. The fourth-order valence-electron chi connectivity index (χ4n) is 3.09. The van der Waals surface area contributed by atoms with E-state index in [0.29, 0.717) is 21.9 Å². The highest BCUT2D eigenvalue weighted by molar-refractivity contribution is 6.30. The number of pyridine rings is 1. The van der Waals surface area contributed by atoms with Crippen LogP contribution in [0.15, 0.2) is 53.3 Å². The number of carbonyl (C=O) groups is 1. The molecule has 0 amide bonds. The van der Waals surface area contributed by atoms with Crippen molar-refractivity contribution in [3.8, 4) is 5.75 Å². The van der Waals surface area contributed by atoms with Crippen LogP contribution in [0, 0.1) is 0 Å². The van der Waals surface area contributed by atoms with E-state index in [2.05, 4.69) is 4.98 Å². The molecule has 1 aromatic heterocycles. The van der Waals surface area contributed by atoms with E-state index in [1.54, 1.807) is 18.2 Å². The van der Waals surface area contributed by atoms with E-state index in [1.165, 1.54) is 0 Å². The molecule has 0 bridgehead atoms. The number of nitrogens with one attached hydrogen (secondary N) is 1. The van der Waals surface area contributed by atoms with Gasteiger partial charge in [0.2, 0.25) is 0 Å². The Bertz CT molecular complexity index is 993. The standard InChI is InChI=1S/C18H12ClNO3/c19-11-5-3-4-10(8-11)13-9-15(21)23-17-12-6-1-2-7-14(12)20-18(22)16(13)17/h1-8,13H,9H2,(H,20,22)/t13-/m0/s1. The zero-order chi connectivity index (χ0) is 16.0. The molecule has 1 aliphatic heterocycles. The molecule has 4 rings (SSSR count). The van der Waals surface area contributed by atoms with Crippen molar-refractivity contribution >= 4 is 28.5 Å². The summed E-state index contributed by atoms with van der Waals surface area (Å²) in [5.41, 5.74) is 1.72. The smallest absolute Gasteiger partial charge is 0.312 e. The van der Waals surface area contributed by atoms with Crippen LogP contribution >= 0.6 is 11.6 Å². The first kappa shape index (κ1) is 14.0. The topological polar surface area (TPSA) is 59.2 Å². The minimum atomic E-state index is -0.363. The molecule has 114 valence electrons. The van der Waals surface area contributed by atoms with E-state index in [0.717, 1.165) is 10.9 Å². The average molecular weight is 326 g/mol. The number of aromatic nitrogens is 1. The van der Waals surface area contributed by atoms with Gasteiger partial charge in [-0.25, -0.2) is 0 Å². The summed E-state index contributed by atoms with van der Waals surface area (Å²) < 4.78 is 5.42. The fourth-order valence-corrected chi connectivity index (χ4v) is 3.29. The van der Waals surface area contributed by atoms with Gasteiger partial charge in [0.1, 0.15) is 5.75 Å². The highest BCUT2D eigenvalue weighted by atomic mass is 35.5. The number of ether oxygens (including phenoxy) is 1. The molecule has 1 aliphatic rings. The summed E-state index contributed by atoms with van der Waals surface area (Å²) in [6, 6.07) is 14.5. The number of fused-ring (bicyclic) bond motifs is 3. The highest BCUT2D eigenvalue weighted by Crippen LogP contribution is 2.40. The summed E-state index contributed by atoms with van der Waals surface area (Å²) in [5.74, 6) is -0.359. The first-order chi connectivity index (χ1) is 11.1. The lowest BCUT2D eigenvalue weighted by Gasteiger charge is -2.25. The zero-order valence-corrected chi connectivity index (χ0v) is 12.8. The molecule has 0 saturated carbocycles. The Balaban J connectivity index is 2.02. The van der Waals surface area contributed by atoms with Gasteiger partial charge in [-0.05, 0) is 29.8 Å². The fraction of sp³-hybridized carbons (Fsp3) is 0.111. The number of halogens is 1. The maximum Gasteiger partial charge on any atom is 0.312 e. The number of carbonyl (C=O) groups excluding carboxylic acids is 1. The van der Waals surface area contributed by atoms with Gasteiger partial charge in [-0.2, -0.15) is 0 Å². The van der Waals surface area contributed by atoms with Gasteiger partial charge in [-0.1, -0.05) is 35.9 Å². The summed E-state index contributed by atoms with van der Waals surface area (Å²) in [7, 11) is 0. The molecule has 3 aromatic rings. The number of aromatic amines is 1. The van der Waals surface area contributed by atoms with Crippen LogP contribution < -0.4 is 10.3 Å². The summed E-state index contributed by atoms with van der Waals surface area (Å²) >= 11 is 6.06. The second-order valence-electron chi connectivity index (χ2n) is 5.53. The minimum Gasteiger partial charge on any atom is -0.425 e. The van der Waals surface area contributed by atoms with E-state index in [-0.39, 0.29) is 23.9 Å². The number of H-pyrrole nitrogens is 1. The molecular formula is C18H12ClNO3. The van der Waals surface area contributed by atoms with Crippen LogP contribution in [-0.2, 0) is 4.79 Å². The number of para-hydroxylation sites is 1. The first-order valence-electron chi connectivity index (χ1n) is 7.24. The van der Waals surface area contributed by atoms with Crippen molar-refractivity contribution in [2.45, 2.75) is 12.3 Å². The molecular weight excluding hydrogens is 314 g/mol. The Morgan fingerprint density at radius 3 is 2.74 bits per heavy atom. The maximum absolute atomic E-state index is 12.6. The predicted molar refractivity (Wildman–Crippen MR) is 88.1 cm³/mol. The third-order valence-corrected chi connectivity index (χ3v) is 4.33. The quantitative estimate of drug-likeness (QED) is 0.695. The molecule has 0 saturated heterocycles. The van der Waals surface area contributed by atoms with Crippen molar-refractivity contribution in [2.24, 2.45) is 0 Å². The molecule has 0 fully saturated rings. The van der Waals surface area contributed by atoms with Crippen molar-refractivity contribution in [1.82, 2.24) is 4.98 Å². The predicted octanol–water partition coefficient (Wildman–Crippen LogP) is 3.62. The molecule has 1 N–H and O–H groups in total. The molecule has 0 radical (unpaired) electrons. The Hall–Kier alpha value is -2.59. The lowest BCUT2D eigenvalue weighted by molar-refractivity contribution is -0.135. The normalized spacial score (nSPS) is 16.9. The SMILES string of the molecule is O=C1C[C@@H](c2cccc(Cl)c2)c2c(c3ccccc3[nH]c2=O)O1. The van der Waals surface area contributed by atoms with Gasteiger partial charge in [0.05, 0.1) is 17.5 Å². The van der Waals surface area contributed by atoms with Gasteiger partial charge in [0.25, 0.3) is 5.56 Å². The molecule has 0 spiro atoms. The summed E-state index contributed by atoms with van der Waals surface area (Å²) in [6.07, 6.45) is 0.120. The molecule has 5 heteroatoms. The summed E-state index contributed by atoms with van der Waals surface area (Å²) in [5, 5.41) is 1.29. The molecule has 2 heterocycles. The monoisotopic (exact) mass is 325 g/mol. The van der Waals surface area contributed by atoms with Gasteiger partial charge in [0.15, 0.2) is 0 Å². The van der Waals surface area contributed by atoms with Crippen molar-refractivity contribution < 1.29 is 9.53 Å². The Kier molecular flexibility index (Phi) is 3.20. The Morgan fingerprint density at radius 1 is 1.09 bits per heavy atom. The van der Waals surface area contributed by atoms with Crippen LogP contribution in [0.3, 0.4) is 0 Å². The van der Waals surface area contributed by atoms with Crippen LogP contribution in [0.1, 0.15) is 23.5 Å². The van der Waals surface area contributed by atoms with Crippen LogP contribution in [0.2, 0.25) is 5.02 Å². The number of esters is 1. The van der Waals surface area contributed by atoms with E-state index in [9.17, 15) is 9.59 Å². The second kappa shape index (κ2) is 5.25. The van der Waals surface area contributed by atoms with Gasteiger partial charge in [-0.3, -0.25) is 9.59 Å². The third kappa shape index (κ3) is 2.32. The molecule has 1 atom stereocenters. The molecule has 0 aliphatic carbocycles. The van der Waals surface area contributed by atoms with Crippen LogP contribution in [0.25, 0.3) is 10.9 Å². The maximum atomic E-state index is 12.6. The lowest BCUT2D eigenvalue weighted by atomic mass is 9.86. The van der Waals surface area contributed by atoms with Gasteiger partial charge in [0, 0.05) is 16.3 Å². The van der Waals surface area contributed by atoms with Crippen LogP contribution in [0.4, 0.5) is 0 Å². The molecule has 2 aromatic carbocycles. The Labute approximate surface area is 136 Å². The summed E-state index contributed by atoms with van der Waals surface area (Å²) in [6.45, 7) is 0. The zero-order valence-electron chi connectivity index (χ0n) is 12.0. The molecule has 4 nitrogen and oxygen atoms in total. The van der Waals surface area contributed by atoms with Crippen molar-refractivity contribution in [3.63, 3.8) is 0 Å². The van der Waals surface area contributed by atoms with Crippen LogP contribution in [0.5, 0.6) is 5.75 Å². The first-order valence-corrected chi connectivity index (χ1v) is 7.62. The van der Waals surface area contributed by atoms with E-state index < -0.39 is 0 Å². The second-order valence-corrected chi connectivity index (χ2v) is 5.96. The van der Waals surface area contributed by atoms with E-state index in [1.807, 2.05) is 30.3 Å². The van der Waals surface area contributed by atoms with Gasteiger partial charge < -0.3 is 9.72 Å². The van der Waals surface area contributed by atoms with Crippen LogP contribution in [-0.4, -0.2) is 11.0 Å². The largest absolute Gasteiger partial charge is 0.425 e. The minimum absolute atomic E-state index is 0.120.